The van der Waals surface area contributed by atoms with Crippen LogP contribution in [0.25, 0.3) is 0 Å². The van der Waals surface area contributed by atoms with Gasteiger partial charge in [-0.3, -0.25) is 9.59 Å². The zero-order valence-corrected chi connectivity index (χ0v) is 39.6. The van der Waals surface area contributed by atoms with E-state index in [1.165, 1.54) is 0 Å². The molecule has 8 rings (SSSR count). The number of fused-ring (bicyclic) bond motifs is 8. The predicted molar refractivity (Wildman–Crippen MR) is 228 cm³/mol. The number of ether oxygens (including phenoxy) is 7. The minimum atomic E-state index is -3.42. The fraction of sp³-hybridized carbons (Fsp3) is 0.851. The Hall–Kier alpha value is -3.39. The van der Waals surface area contributed by atoms with E-state index in [9.17, 15) is 69.9 Å². The number of rotatable bonds is 11. The van der Waals surface area contributed by atoms with Gasteiger partial charge >= 0.3 is 35.6 Å². The van der Waals surface area contributed by atoms with Crippen LogP contribution in [0.2, 0.25) is 0 Å². The fourth-order valence-corrected chi connectivity index (χ4v) is 14.7. The van der Waals surface area contributed by atoms with Crippen LogP contribution < -0.4 is 0 Å². The number of esters is 1. The Bertz CT molecular complexity index is 2100. The van der Waals surface area contributed by atoms with Gasteiger partial charge in [-0.25, -0.2) is 14.4 Å². The lowest BCUT2D eigenvalue weighted by Gasteiger charge is -2.71. The van der Waals surface area contributed by atoms with Gasteiger partial charge < -0.3 is 84.2 Å². The maximum Gasteiger partial charge on any atom is 0.369 e. The van der Waals surface area contributed by atoms with Crippen LogP contribution in [0, 0.1) is 50.2 Å². The quantitative estimate of drug-likeness (QED) is 0.0775. The molecule has 5 aliphatic carbocycles. The first kappa shape index (κ1) is 51.9. The molecule has 0 radical (unpaired) electrons. The average molecular weight is 985 g/mol. The summed E-state index contributed by atoms with van der Waals surface area (Å²) in [6.45, 7) is 10.7. The van der Waals surface area contributed by atoms with Crippen LogP contribution in [-0.4, -0.2) is 174 Å². The molecule has 22 heteroatoms. The SMILES string of the molecule is CC1(C)CC[C@]2(C(=O)O[C@@H]3O[C@H](CO)[C@@H](O)[C@H](O)[C@H]3O)CC[C@]3(C)C(=CC[C@@H]4[C@@]5(C)CC[C@H](O[C@@H]6O[C@H](C(=O)O)[C@H]7O[C@@](O)(C(=O)O)[C@@H](OCC(=O)O)O[C@@H]7[C@H]6O)[C@@](C)(C(=O)O)C5CC[C@]43C)[C@@H]2C1. The van der Waals surface area contributed by atoms with Crippen molar-refractivity contribution in [3.63, 3.8) is 0 Å². The molecule has 7 fully saturated rings. The molecule has 3 aliphatic heterocycles. The molecule has 3 saturated heterocycles. The summed E-state index contributed by atoms with van der Waals surface area (Å²) in [6.07, 6.45) is -14.1. The molecular weight excluding hydrogens is 916 g/mol. The first-order valence-electron chi connectivity index (χ1n) is 23.9. The standard InChI is InChI=1S/C47H68O22/c1-41(2)13-15-46(39(61)68-35-29(53)28(52)27(51)22(18-48)64-35)16-14-43(4)20(21(46)17-41)7-8-23-42(3)11-10-25(45(6,37(57)58)24(42)9-12-44(23,43)5)65-36-30(54)31-32(33(66-36)34(55)56)69-47(62,38(59)60)40(67-31)63-19-26(49)50/h7,21-25,27-33,35-36,40,48,51-54,62H,8-19H2,1-6H3,(H,49,50)(H,55,56)(H,57,58)(H,59,60)/t21-,22+,23+,24?,25-,27+,28-,29+,30+,31+,32-,33-,35-,36+,40-,42+,43+,44+,45-,46-,47-/m0/s1. The summed E-state index contributed by atoms with van der Waals surface area (Å²) < 4.78 is 39.4. The molecular formula is C47H68O22. The van der Waals surface area contributed by atoms with Crippen molar-refractivity contribution in [3.8, 4) is 0 Å². The van der Waals surface area contributed by atoms with Crippen molar-refractivity contribution < 1.29 is 108 Å². The third-order valence-corrected chi connectivity index (χ3v) is 18.8. The summed E-state index contributed by atoms with van der Waals surface area (Å²) in [5.74, 6) is -11.5. The molecule has 8 aliphatic rings. The molecule has 69 heavy (non-hydrogen) atoms. The van der Waals surface area contributed by atoms with E-state index < -0.39 is 156 Å². The highest BCUT2D eigenvalue weighted by Crippen LogP contribution is 2.76. The van der Waals surface area contributed by atoms with Crippen molar-refractivity contribution in [1.82, 2.24) is 0 Å². The van der Waals surface area contributed by atoms with Gasteiger partial charge in [-0.1, -0.05) is 46.3 Å². The molecule has 4 saturated carbocycles. The van der Waals surface area contributed by atoms with E-state index in [1.54, 1.807) is 6.92 Å². The Balaban J connectivity index is 1.07. The van der Waals surface area contributed by atoms with Crippen LogP contribution in [0.15, 0.2) is 11.6 Å². The van der Waals surface area contributed by atoms with Crippen molar-refractivity contribution in [1.29, 1.82) is 0 Å². The zero-order chi connectivity index (χ0) is 50.8. The van der Waals surface area contributed by atoms with E-state index in [4.69, 9.17) is 38.3 Å². The summed E-state index contributed by atoms with van der Waals surface area (Å²) in [6, 6.07) is 0. The average Bonchev–Trinajstić information content (AvgIpc) is 3.27. The smallest absolute Gasteiger partial charge is 0.369 e. The summed E-state index contributed by atoms with van der Waals surface area (Å²) in [5, 5.41) is 104. The predicted octanol–water partition coefficient (Wildman–Crippen LogP) is 0.736. The van der Waals surface area contributed by atoms with Crippen LogP contribution in [-0.2, 0) is 57.1 Å². The maximum atomic E-state index is 14.7. The molecule has 0 aromatic heterocycles. The first-order valence-corrected chi connectivity index (χ1v) is 23.9. The van der Waals surface area contributed by atoms with Gasteiger partial charge in [0.25, 0.3) is 0 Å². The summed E-state index contributed by atoms with van der Waals surface area (Å²) in [7, 11) is 0. The fourth-order valence-electron chi connectivity index (χ4n) is 14.7. The first-order chi connectivity index (χ1) is 32.1. The molecule has 1 unspecified atom stereocenters. The largest absolute Gasteiger partial charge is 0.481 e. The number of carbonyl (C=O) groups excluding carboxylic acids is 1. The van der Waals surface area contributed by atoms with E-state index >= 15 is 0 Å². The van der Waals surface area contributed by atoms with Gasteiger partial charge in [0.05, 0.1) is 23.5 Å². The molecule has 0 aromatic carbocycles. The number of hydrogen-bond acceptors (Lipinski definition) is 18. The monoisotopic (exact) mass is 984 g/mol. The Morgan fingerprint density at radius 2 is 1.42 bits per heavy atom. The Labute approximate surface area is 397 Å². The molecule has 388 valence electrons. The topological polar surface area (TPSA) is 352 Å². The number of aliphatic hydroxyl groups excluding tert-OH is 5. The third kappa shape index (κ3) is 7.85. The van der Waals surface area contributed by atoms with E-state index in [2.05, 4.69) is 40.7 Å². The van der Waals surface area contributed by atoms with E-state index in [1.807, 2.05) is 0 Å². The molecule has 0 amide bonds. The van der Waals surface area contributed by atoms with Gasteiger partial charge in [0.15, 0.2) is 12.4 Å². The van der Waals surface area contributed by atoms with Crippen molar-refractivity contribution >= 4 is 29.8 Å². The van der Waals surface area contributed by atoms with Gasteiger partial charge in [-0.15, -0.1) is 0 Å². The second-order valence-electron chi connectivity index (χ2n) is 22.7. The number of carboxylic acids is 4. The Kier molecular flexibility index (Phi) is 13.3. The minimum absolute atomic E-state index is 0.0699. The number of aliphatic carboxylic acids is 4. The van der Waals surface area contributed by atoms with Crippen LogP contribution in [0.4, 0.5) is 0 Å². The summed E-state index contributed by atoms with van der Waals surface area (Å²) in [5.41, 5.74) is -3.18. The molecule has 22 nitrogen and oxygen atoms in total. The second kappa shape index (κ2) is 17.7. The minimum Gasteiger partial charge on any atom is -0.481 e. The number of carboxylic acid groups (broad SMARTS) is 4. The van der Waals surface area contributed by atoms with Gasteiger partial charge in [0.1, 0.15) is 49.3 Å². The summed E-state index contributed by atoms with van der Waals surface area (Å²) >= 11 is 0. The van der Waals surface area contributed by atoms with E-state index in [0.717, 1.165) is 5.57 Å². The molecule has 10 N–H and O–H groups in total. The third-order valence-electron chi connectivity index (χ3n) is 18.8. The Morgan fingerprint density at radius 1 is 0.739 bits per heavy atom. The van der Waals surface area contributed by atoms with Gasteiger partial charge in [0, 0.05) is 0 Å². The maximum absolute atomic E-state index is 14.7. The number of hydrogen-bond donors (Lipinski definition) is 10. The summed E-state index contributed by atoms with van der Waals surface area (Å²) in [4.78, 5) is 64.5. The molecule has 21 atom stereocenters. The van der Waals surface area contributed by atoms with Gasteiger partial charge in [-0.05, 0) is 111 Å². The van der Waals surface area contributed by atoms with E-state index in [0.29, 0.717) is 57.8 Å². The lowest BCUT2D eigenvalue weighted by molar-refractivity contribution is -0.435. The number of aliphatic hydroxyl groups is 6. The lowest BCUT2D eigenvalue weighted by atomic mass is 9.33. The van der Waals surface area contributed by atoms with Crippen LogP contribution >= 0.6 is 0 Å². The number of carbonyl (C=O) groups is 5. The highest BCUT2D eigenvalue weighted by Gasteiger charge is 2.72. The highest BCUT2D eigenvalue weighted by molar-refractivity contribution is 5.79. The molecule has 0 aromatic rings. The lowest BCUT2D eigenvalue weighted by Crippen LogP contribution is -2.72. The molecule has 0 bridgehead atoms. The van der Waals surface area contributed by atoms with Crippen molar-refractivity contribution in [3.05, 3.63) is 11.6 Å². The van der Waals surface area contributed by atoms with Crippen molar-refractivity contribution in [2.24, 2.45) is 50.2 Å². The van der Waals surface area contributed by atoms with Gasteiger partial charge in [-0.2, -0.15) is 0 Å². The van der Waals surface area contributed by atoms with Crippen LogP contribution in [0.1, 0.15) is 106 Å². The van der Waals surface area contributed by atoms with Crippen molar-refractivity contribution in [2.75, 3.05) is 13.2 Å². The number of allylic oxidation sites excluding steroid dienone is 2. The molecule has 0 spiro atoms. The Morgan fingerprint density at radius 3 is 2.04 bits per heavy atom. The van der Waals surface area contributed by atoms with Crippen LogP contribution in [0.5, 0.6) is 0 Å². The van der Waals surface area contributed by atoms with E-state index in [-0.39, 0.29) is 23.7 Å². The van der Waals surface area contributed by atoms with Crippen molar-refractivity contribution in [2.45, 2.75) is 185 Å². The normalized spacial score (nSPS) is 50.1. The zero-order valence-electron chi connectivity index (χ0n) is 39.6. The van der Waals surface area contributed by atoms with Gasteiger partial charge in [0.2, 0.25) is 12.6 Å². The van der Waals surface area contributed by atoms with Crippen LogP contribution in [0.3, 0.4) is 0 Å². The highest BCUT2D eigenvalue weighted by atomic mass is 16.8. The molecule has 3 heterocycles. The second-order valence-corrected chi connectivity index (χ2v) is 22.7.